The lowest BCUT2D eigenvalue weighted by atomic mass is 10.2. The van der Waals surface area contributed by atoms with E-state index in [1.165, 1.54) is 6.07 Å². The van der Waals surface area contributed by atoms with Gasteiger partial charge in [-0.15, -0.1) is 0 Å². The number of anilines is 1. The van der Waals surface area contributed by atoms with Crippen molar-refractivity contribution in [3.63, 3.8) is 0 Å². The number of nitrogen functional groups attached to an aromatic ring is 1. The Morgan fingerprint density at radius 1 is 1.42 bits per heavy atom. The average molecular weight is 263 g/mol. The van der Waals surface area contributed by atoms with Crippen LogP contribution in [0.4, 0.5) is 10.1 Å². The van der Waals surface area contributed by atoms with Crippen LogP contribution in [-0.2, 0) is 13.5 Å². The standard InChI is InChI=1S/C14H18FN3O/c1-4-5-12-13(16)14(18(3)17-12)19-10-7-6-9(2)11(15)8-10/h6-8H,4-5,16H2,1-3H3. The Labute approximate surface area is 112 Å². The van der Waals surface area contributed by atoms with Crippen LogP contribution in [0.1, 0.15) is 24.6 Å². The maximum absolute atomic E-state index is 13.5. The molecule has 0 amide bonds. The van der Waals surface area contributed by atoms with Gasteiger partial charge in [0.25, 0.3) is 0 Å². The Bertz CT molecular complexity index is 593. The molecule has 0 saturated heterocycles. The van der Waals surface area contributed by atoms with Crippen molar-refractivity contribution < 1.29 is 9.13 Å². The summed E-state index contributed by atoms with van der Waals surface area (Å²) in [5.41, 5.74) is 7.92. The van der Waals surface area contributed by atoms with Gasteiger partial charge in [-0.1, -0.05) is 19.4 Å². The van der Waals surface area contributed by atoms with Gasteiger partial charge >= 0.3 is 0 Å². The third kappa shape index (κ3) is 2.70. The molecule has 0 aliphatic carbocycles. The van der Waals surface area contributed by atoms with Gasteiger partial charge in [0.15, 0.2) is 0 Å². The molecule has 0 aliphatic rings. The fourth-order valence-corrected chi connectivity index (χ4v) is 1.87. The van der Waals surface area contributed by atoms with Crippen LogP contribution in [0.25, 0.3) is 0 Å². The lowest BCUT2D eigenvalue weighted by Crippen LogP contribution is -1.97. The average Bonchev–Trinajstić information content (AvgIpc) is 2.62. The SMILES string of the molecule is CCCc1nn(C)c(Oc2ccc(C)c(F)c2)c1N. The molecular weight excluding hydrogens is 245 g/mol. The van der Waals surface area contributed by atoms with Crippen molar-refractivity contribution in [2.24, 2.45) is 7.05 Å². The zero-order valence-corrected chi connectivity index (χ0v) is 11.4. The van der Waals surface area contributed by atoms with Crippen molar-refractivity contribution in [2.45, 2.75) is 26.7 Å². The van der Waals surface area contributed by atoms with Gasteiger partial charge in [-0.2, -0.15) is 5.10 Å². The van der Waals surface area contributed by atoms with E-state index in [2.05, 4.69) is 12.0 Å². The highest BCUT2D eigenvalue weighted by atomic mass is 19.1. The van der Waals surface area contributed by atoms with Crippen LogP contribution in [-0.4, -0.2) is 9.78 Å². The van der Waals surface area contributed by atoms with Crippen molar-refractivity contribution in [1.29, 1.82) is 0 Å². The molecule has 0 unspecified atom stereocenters. The van der Waals surface area contributed by atoms with E-state index in [1.54, 1.807) is 30.8 Å². The fourth-order valence-electron chi connectivity index (χ4n) is 1.87. The minimum absolute atomic E-state index is 0.299. The number of ether oxygens (including phenoxy) is 1. The number of nitrogens with zero attached hydrogens (tertiary/aromatic N) is 2. The minimum Gasteiger partial charge on any atom is -0.437 e. The zero-order chi connectivity index (χ0) is 14.0. The normalized spacial score (nSPS) is 10.7. The van der Waals surface area contributed by atoms with Crippen molar-refractivity contribution in [3.05, 3.63) is 35.3 Å². The molecule has 5 heteroatoms. The molecule has 1 heterocycles. The van der Waals surface area contributed by atoms with Crippen LogP contribution in [0.15, 0.2) is 18.2 Å². The Morgan fingerprint density at radius 3 is 2.79 bits per heavy atom. The molecule has 0 spiro atoms. The number of aryl methyl sites for hydroxylation is 3. The largest absolute Gasteiger partial charge is 0.437 e. The highest BCUT2D eigenvalue weighted by molar-refractivity contribution is 5.54. The van der Waals surface area contributed by atoms with Crippen molar-refractivity contribution in [2.75, 3.05) is 5.73 Å². The van der Waals surface area contributed by atoms with E-state index in [0.717, 1.165) is 18.5 Å². The van der Waals surface area contributed by atoms with Crippen molar-refractivity contribution >= 4 is 5.69 Å². The Morgan fingerprint density at radius 2 is 2.16 bits per heavy atom. The summed E-state index contributed by atoms with van der Waals surface area (Å²) in [5.74, 6) is 0.569. The first-order valence-corrected chi connectivity index (χ1v) is 6.28. The van der Waals surface area contributed by atoms with E-state index in [9.17, 15) is 4.39 Å². The smallest absolute Gasteiger partial charge is 0.241 e. The quantitative estimate of drug-likeness (QED) is 0.921. The first-order valence-electron chi connectivity index (χ1n) is 6.28. The third-order valence-electron chi connectivity index (χ3n) is 2.95. The Balaban J connectivity index is 2.30. The second-order valence-corrected chi connectivity index (χ2v) is 4.55. The molecule has 0 aliphatic heterocycles. The van der Waals surface area contributed by atoms with E-state index in [0.29, 0.717) is 22.9 Å². The maximum atomic E-state index is 13.5. The molecular formula is C14H18FN3O. The minimum atomic E-state index is -0.299. The fraction of sp³-hybridized carbons (Fsp3) is 0.357. The molecule has 4 nitrogen and oxygen atoms in total. The van der Waals surface area contributed by atoms with Crippen molar-refractivity contribution in [3.8, 4) is 11.6 Å². The number of aromatic nitrogens is 2. The summed E-state index contributed by atoms with van der Waals surface area (Å²) in [6.07, 6.45) is 1.76. The first-order chi connectivity index (χ1) is 9.02. The van der Waals surface area contributed by atoms with Crippen LogP contribution in [0.5, 0.6) is 11.6 Å². The molecule has 0 radical (unpaired) electrons. The van der Waals surface area contributed by atoms with E-state index < -0.39 is 0 Å². The summed E-state index contributed by atoms with van der Waals surface area (Å²) in [6.45, 7) is 3.76. The Kier molecular flexibility index (Phi) is 3.74. The van der Waals surface area contributed by atoms with E-state index >= 15 is 0 Å². The third-order valence-corrected chi connectivity index (χ3v) is 2.95. The second-order valence-electron chi connectivity index (χ2n) is 4.55. The highest BCUT2D eigenvalue weighted by Gasteiger charge is 2.15. The number of hydrogen-bond acceptors (Lipinski definition) is 3. The Hall–Kier alpha value is -2.04. The number of hydrogen-bond donors (Lipinski definition) is 1. The summed E-state index contributed by atoms with van der Waals surface area (Å²) in [5, 5.41) is 4.31. The number of halogens is 1. The molecule has 0 bridgehead atoms. The molecule has 19 heavy (non-hydrogen) atoms. The maximum Gasteiger partial charge on any atom is 0.241 e. The number of rotatable bonds is 4. The van der Waals surface area contributed by atoms with E-state index in [4.69, 9.17) is 10.5 Å². The molecule has 1 aromatic carbocycles. The van der Waals surface area contributed by atoms with Gasteiger partial charge in [-0.25, -0.2) is 9.07 Å². The van der Waals surface area contributed by atoms with Crippen LogP contribution in [0.3, 0.4) is 0 Å². The van der Waals surface area contributed by atoms with Crippen molar-refractivity contribution in [1.82, 2.24) is 9.78 Å². The van der Waals surface area contributed by atoms with Gasteiger partial charge < -0.3 is 10.5 Å². The van der Waals surface area contributed by atoms with Gasteiger partial charge in [0.05, 0.1) is 5.69 Å². The molecule has 2 N–H and O–H groups in total. The van der Waals surface area contributed by atoms with Gasteiger partial charge in [-0.3, -0.25) is 0 Å². The molecule has 2 rings (SSSR count). The molecule has 102 valence electrons. The summed E-state index contributed by atoms with van der Waals surface area (Å²) in [7, 11) is 1.76. The lowest BCUT2D eigenvalue weighted by Gasteiger charge is -2.07. The monoisotopic (exact) mass is 263 g/mol. The lowest BCUT2D eigenvalue weighted by molar-refractivity contribution is 0.428. The van der Waals surface area contributed by atoms with E-state index in [1.807, 2.05) is 0 Å². The van der Waals surface area contributed by atoms with Gasteiger partial charge in [0.1, 0.15) is 17.3 Å². The molecule has 2 aromatic rings. The van der Waals surface area contributed by atoms with Crippen LogP contribution in [0.2, 0.25) is 0 Å². The summed E-state index contributed by atoms with van der Waals surface area (Å²) >= 11 is 0. The van der Waals surface area contributed by atoms with Gasteiger partial charge in [0, 0.05) is 13.1 Å². The molecule has 0 atom stereocenters. The topological polar surface area (TPSA) is 53.1 Å². The summed E-state index contributed by atoms with van der Waals surface area (Å²) in [4.78, 5) is 0. The summed E-state index contributed by atoms with van der Waals surface area (Å²) in [6, 6.07) is 4.73. The summed E-state index contributed by atoms with van der Waals surface area (Å²) < 4.78 is 20.7. The first kappa shape index (κ1) is 13.4. The number of benzene rings is 1. The van der Waals surface area contributed by atoms with Gasteiger partial charge in [-0.05, 0) is 25.0 Å². The van der Waals surface area contributed by atoms with Crippen LogP contribution >= 0.6 is 0 Å². The molecule has 0 saturated carbocycles. The van der Waals surface area contributed by atoms with Crippen LogP contribution in [0, 0.1) is 12.7 Å². The van der Waals surface area contributed by atoms with Gasteiger partial charge in [0.2, 0.25) is 5.88 Å². The predicted molar refractivity (Wildman–Crippen MR) is 72.8 cm³/mol. The zero-order valence-electron chi connectivity index (χ0n) is 11.4. The molecule has 1 aromatic heterocycles. The molecule has 0 fully saturated rings. The second kappa shape index (κ2) is 5.30. The predicted octanol–water partition coefficient (Wildman–Crippen LogP) is 3.19. The highest BCUT2D eigenvalue weighted by Crippen LogP contribution is 2.30. The van der Waals surface area contributed by atoms with E-state index in [-0.39, 0.29) is 5.82 Å². The van der Waals surface area contributed by atoms with Crippen LogP contribution < -0.4 is 10.5 Å². The number of nitrogens with two attached hydrogens (primary N) is 1.